The second-order valence-electron chi connectivity index (χ2n) is 15.3. The minimum atomic E-state index is -2.16. The summed E-state index contributed by atoms with van der Waals surface area (Å²) in [6.45, 7) is -0.842. The van der Waals surface area contributed by atoms with Crippen LogP contribution in [0.1, 0.15) is 6.92 Å². The van der Waals surface area contributed by atoms with Crippen LogP contribution in [0.2, 0.25) is 0 Å². The Bertz CT molecular complexity index is 2050. The van der Waals surface area contributed by atoms with Gasteiger partial charge in [0.2, 0.25) is 17.5 Å². The lowest BCUT2D eigenvalue weighted by atomic mass is 9.96. The summed E-state index contributed by atoms with van der Waals surface area (Å²) in [6, 6.07) is 6.92. The van der Waals surface area contributed by atoms with E-state index in [-0.39, 0.29) is 16.9 Å². The van der Waals surface area contributed by atoms with Gasteiger partial charge in [0.25, 0.3) is 0 Å². The van der Waals surface area contributed by atoms with Crippen LogP contribution in [0.3, 0.4) is 0 Å². The van der Waals surface area contributed by atoms with Gasteiger partial charge in [-0.15, -0.1) is 0 Å². The number of benzene rings is 2. The minimum absolute atomic E-state index is 0.0715. The van der Waals surface area contributed by atoms with E-state index in [1.54, 1.807) is 0 Å². The molecule has 24 heteroatoms. The van der Waals surface area contributed by atoms with Crippen molar-refractivity contribution >= 4 is 11.0 Å². The van der Waals surface area contributed by atoms with Crippen LogP contribution in [-0.2, 0) is 33.2 Å². The Morgan fingerprint density at radius 3 is 2.00 bits per heavy atom. The van der Waals surface area contributed by atoms with Crippen molar-refractivity contribution in [3.05, 3.63) is 46.6 Å². The number of aliphatic hydroxyl groups is 11. The zero-order valence-electron chi connectivity index (χ0n) is 32.4. The highest BCUT2D eigenvalue weighted by molar-refractivity contribution is 5.88. The summed E-state index contributed by atoms with van der Waals surface area (Å²) >= 11 is 0. The maximum atomic E-state index is 14.2. The predicted octanol–water partition coefficient (Wildman–Crippen LogP) is -5.11. The molecule has 0 saturated carbocycles. The molecule has 344 valence electrons. The van der Waals surface area contributed by atoms with E-state index in [1.165, 1.54) is 31.2 Å². The van der Waals surface area contributed by atoms with E-state index in [9.17, 15) is 76.3 Å². The molecule has 0 amide bonds. The fourth-order valence-corrected chi connectivity index (χ4v) is 7.45. The molecule has 0 bridgehead atoms. The molecule has 4 fully saturated rings. The first-order valence-electron chi connectivity index (χ1n) is 19.3. The molecule has 1 aromatic heterocycles. The van der Waals surface area contributed by atoms with E-state index in [0.29, 0.717) is 0 Å². The Morgan fingerprint density at radius 2 is 1.31 bits per heavy atom. The third kappa shape index (κ3) is 8.94. The Morgan fingerprint density at radius 1 is 0.645 bits per heavy atom. The van der Waals surface area contributed by atoms with Gasteiger partial charge in [-0.25, -0.2) is 0 Å². The van der Waals surface area contributed by atoms with Gasteiger partial charge < -0.3 is 114 Å². The van der Waals surface area contributed by atoms with Crippen molar-refractivity contribution in [2.75, 3.05) is 19.8 Å². The van der Waals surface area contributed by atoms with Gasteiger partial charge in [0.1, 0.15) is 108 Å². The smallest absolute Gasteiger partial charge is 0.239 e. The first-order chi connectivity index (χ1) is 29.4. The van der Waals surface area contributed by atoms with Crippen LogP contribution in [0.4, 0.5) is 0 Å². The zero-order chi connectivity index (χ0) is 44.9. The maximum Gasteiger partial charge on any atom is 0.239 e. The normalized spacial score (nSPS) is 40.4. The minimum Gasteiger partial charge on any atom is -0.508 e. The van der Waals surface area contributed by atoms with Crippen LogP contribution in [0.5, 0.6) is 23.0 Å². The van der Waals surface area contributed by atoms with Crippen LogP contribution in [0, 0.1) is 0 Å². The molecule has 24 nitrogen and oxygen atoms in total. The molecule has 19 atom stereocenters. The molecule has 3 aromatic rings. The molecule has 0 spiro atoms. The Kier molecular flexibility index (Phi) is 13.9. The summed E-state index contributed by atoms with van der Waals surface area (Å²) < 4.78 is 51.6. The monoisotopic (exact) mass is 888 g/mol. The molecule has 5 heterocycles. The van der Waals surface area contributed by atoms with Gasteiger partial charge >= 0.3 is 0 Å². The number of ether oxygens (including phenoxy) is 8. The van der Waals surface area contributed by atoms with E-state index in [4.69, 9.17) is 42.3 Å². The number of hydrogen-bond donors (Lipinski definition) is 14. The summed E-state index contributed by atoms with van der Waals surface area (Å²) in [5, 5.41) is 147. The predicted molar refractivity (Wildman–Crippen MR) is 198 cm³/mol. The van der Waals surface area contributed by atoms with Crippen LogP contribution >= 0.6 is 0 Å². The molecule has 4 aliphatic heterocycles. The van der Waals surface area contributed by atoms with E-state index in [2.05, 4.69) is 0 Å². The van der Waals surface area contributed by atoms with Gasteiger partial charge in [0.15, 0.2) is 30.7 Å². The maximum absolute atomic E-state index is 14.2. The fraction of sp³-hybridized carbons (Fsp3) is 0.605. The molecule has 0 radical (unpaired) electrons. The molecular formula is C38H48O24. The number of aliphatic hydroxyl groups excluding tert-OH is 11. The molecule has 7 rings (SSSR count). The number of hydrogen-bond acceptors (Lipinski definition) is 24. The molecular weight excluding hydrogens is 840 g/mol. The first-order valence-corrected chi connectivity index (χ1v) is 19.3. The highest BCUT2D eigenvalue weighted by Crippen LogP contribution is 2.39. The van der Waals surface area contributed by atoms with Crippen LogP contribution in [0.25, 0.3) is 22.3 Å². The quantitative estimate of drug-likeness (QED) is 0.0856. The molecule has 4 saturated heterocycles. The van der Waals surface area contributed by atoms with Crippen LogP contribution < -0.4 is 10.2 Å². The van der Waals surface area contributed by atoms with Crippen molar-refractivity contribution in [1.82, 2.24) is 0 Å². The molecule has 62 heavy (non-hydrogen) atoms. The number of fused-ring (bicyclic) bond motifs is 1. The van der Waals surface area contributed by atoms with Crippen molar-refractivity contribution in [2.45, 2.75) is 124 Å². The first kappa shape index (κ1) is 46.1. The van der Waals surface area contributed by atoms with Gasteiger partial charge in [0, 0.05) is 17.7 Å². The number of phenolic OH excluding ortho intramolecular Hbond substituents is 3. The summed E-state index contributed by atoms with van der Waals surface area (Å²) in [5.41, 5.74) is -1.35. The van der Waals surface area contributed by atoms with Crippen molar-refractivity contribution in [1.29, 1.82) is 0 Å². The largest absolute Gasteiger partial charge is 0.508 e. The molecule has 0 aliphatic carbocycles. The van der Waals surface area contributed by atoms with Crippen molar-refractivity contribution in [2.24, 2.45) is 0 Å². The average molecular weight is 889 g/mol. The summed E-state index contributed by atoms with van der Waals surface area (Å²) in [5.74, 6) is -2.58. The SMILES string of the molecule is CC1OC(OCC2OC(Oc3c(-c4ccc(O)cc4)oc4cc(O)cc(O)c4c3=O)C(OC3OC(CO)C(O)C(OC4OCC(O)C(O)C4O)C3O)C(O)C2O)C(O)C(O)C1O. The fourth-order valence-electron chi connectivity index (χ4n) is 7.45. The van der Waals surface area contributed by atoms with Crippen LogP contribution in [-0.4, -0.2) is 208 Å². The average Bonchev–Trinajstić information content (AvgIpc) is 3.23. The highest BCUT2D eigenvalue weighted by Gasteiger charge is 2.54. The lowest BCUT2D eigenvalue weighted by Crippen LogP contribution is -2.66. The van der Waals surface area contributed by atoms with Crippen LogP contribution in [0.15, 0.2) is 45.6 Å². The van der Waals surface area contributed by atoms with E-state index in [1.807, 2.05) is 0 Å². The Labute approximate surface area is 349 Å². The van der Waals surface area contributed by atoms with Gasteiger partial charge in [0.05, 0.1) is 25.9 Å². The summed E-state index contributed by atoms with van der Waals surface area (Å²) in [7, 11) is 0. The standard InChI is InChI=1S/C38H48O24/c1-11-21(44)26(49)29(52)35(56-11)55-10-19-23(46)27(50)34(62-37-30(53)32(24(47)18(8-39)58-37)60-36-28(51)22(45)16(43)9-54-36)38(59-19)61-33-25(48)20-15(42)6-14(41)7-17(20)57-31(33)12-2-4-13(40)5-3-12/h2-7,11,16,18-19,21-24,26-30,32,34-47,49-53H,8-10H2,1H3. The number of aromatic hydroxyl groups is 3. The van der Waals surface area contributed by atoms with Gasteiger partial charge in [-0.1, -0.05) is 0 Å². The van der Waals surface area contributed by atoms with Crippen molar-refractivity contribution < 1.29 is 114 Å². The third-order valence-corrected chi connectivity index (χ3v) is 11.0. The number of phenols is 3. The topological polar surface area (TPSA) is 387 Å². The number of rotatable bonds is 11. The van der Waals surface area contributed by atoms with Gasteiger partial charge in [-0.3, -0.25) is 4.79 Å². The van der Waals surface area contributed by atoms with E-state index in [0.717, 1.165) is 12.1 Å². The summed E-state index contributed by atoms with van der Waals surface area (Å²) in [6.07, 6.45) is -34.1. The van der Waals surface area contributed by atoms with Gasteiger partial charge in [-0.05, 0) is 31.2 Å². The summed E-state index contributed by atoms with van der Waals surface area (Å²) in [4.78, 5) is 14.2. The third-order valence-electron chi connectivity index (χ3n) is 11.0. The van der Waals surface area contributed by atoms with Crippen molar-refractivity contribution in [3.63, 3.8) is 0 Å². The Hall–Kier alpha value is -3.87. The molecule has 4 aliphatic rings. The molecule has 19 unspecified atom stereocenters. The van der Waals surface area contributed by atoms with E-state index >= 15 is 0 Å². The Balaban J connectivity index is 1.25. The highest BCUT2D eigenvalue weighted by atomic mass is 16.8. The molecule has 14 N–H and O–H groups in total. The molecule has 2 aromatic carbocycles. The van der Waals surface area contributed by atoms with Gasteiger partial charge in [-0.2, -0.15) is 0 Å². The second kappa shape index (κ2) is 18.7. The lowest BCUT2D eigenvalue weighted by Gasteiger charge is -2.47. The second-order valence-corrected chi connectivity index (χ2v) is 15.3. The van der Waals surface area contributed by atoms with Crippen molar-refractivity contribution in [3.8, 4) is 34.3 Å². The van der Waals surface area contributed by atoms with E-state index < -0.39 is 170 Å². The zero-order valence-corrected chi connectivity index (χ0v) is 32.4. The lowest BCUT2D eigenvalue weighted by molar-refractivity contribution is -0.378.